The molecule has 0 bridgehead atoms. The molecule has 39 heavy (non-hydrogen) atoms. The van der Waals surface area contributed by atoms with Crippen LogP contribution in [0.25, 0.3) is 5.76 Å². The number of anilines is 1. The van der Waals surface area contributed by atoms with Crippen LogP contribution < -0.4 is 5.32 Å². The van der Waals surface area contributed by atoms with E-state index in [2.05, 4.69) is 15.5 Å². The van der Waals surface area contributed by atoms with Crippen LogP contribution >= 0.6 is 0 Å². The number of hydrogen-bond acceptors (Lipinski definition) is 9. The van der Waals surface area contributed by atoms with Crippen molar-refractivity contribution < 1.29 is 32.8 Å². The Hall–Kier alpha value is -4.35. The zero-order valence-corrected chi connectivity index (χ0v) is 21.5. The Morgan fingerprint density at radius 3 is 2.15 bits per heavy atom. The van der Waals surface area contributed by atoms with Gasteiger partial charge in [-0.05, 0) is 31.0 Å². The second-order valence-corrected chi connectivity index (χ2v) is 10.8. The molecule has 0 saturated heterocycles. The summed E-state index contributed by atoms with van der Waals surface area (Å²) in [6.45, 7) is 0. The van der Waals surface area contributed by atoms with Crippen molar-refractivity contribution in [3.63, 3.8) is 0 Å². The van der Waals surface area contributed by atoms with Gasteiger partial charge in [0.15, 0.2) is 17.3 Å². The second kappa shape index (κ2) is 10.4. The van der Waals surface area contributed by atoms with Gasteiger partial charge in [-0.25, -0.2) is 0 Å². The van der Waals surface area contributed by atoms with E-state index in [1.807, 2.05) is 0 Å². The van der Waals surface area contributed by atoms with Crippen LogP contribution in [0.3, 0.4) is 0 Å². The Morgan fingerprint density at radius 2 is 1.51 bits per heavy atom. The molecular weight excluding hydrogens is 522 g/mol. The van der Waals surface area contributed by atoms with Gasteiger partial charge in [-0.3, -0.25) is 14.1 Å². The molecule has 0 aromatic heterocycles. The van der Waals surface area contributed by atoms with Gasteiger partial charge in [0, 0.05) is 28.4 Å². The first-order valence-corrected chi connectivity index (χ1v) is 13.8. The minimum Gasteiger partial charge on any atom is -0.512 e. The summed E-state index contributed by atoms with van der Waals surface area (Å²) < 4.78 is 35.4. The lowest BCUT2D eigenvalue weighted by Crippen LogP contribution is -2.27. The molecule has 0 spiro atoms. The average Bonchev–Trinajstić information content (AvgIpc) is 2.94. The van der Waals surface area contributed by atoms with Crippen molar-refractivity contribution in [3.05, 3.63) is 88.7 Å². The third kappa shape index (κ3) is 4.93. The fourth-order valence-corrected chi connectivity index (χ4v) is 5.73. The van der Waals surface area contributed by atoms with E-state index < -0.39 is 38.0 Å². The molecule has 0 radical (unpaired) electrons. The minimum absolute atomic E-state index is 0.0368. The Morgan fingerprint density at radius 1 is 0.897 bits per heavy atom. The third-order valence-electron chi connectivity index (χ3n) is 6.94. The van der Waals surface area contributed by atoms with Gasteiger partial charge in [0.05, 0.1) is 16.8 Å². The molecular formula is C28H25N3O7S. The lowest BCUT2D eigenvalue weighted by Gasteiger charge is -2.28. The first-order valence-electron chi connectivity index (χ1n) is 12.4. The van der Waals surface area contributed by atoms with Crippen molar-refractivity contribution in [2.45, 2.75) is 43.0 Å². The third-order valence-corrected chi connectivity index (χ3v) is 7.81. The smallest absolute Gasteiger partial charge is 0.296 e. The highest BCUT2D eigenvalue weighted by atomic mass is 32.2. The van der Waals surface area contributed by atoms with Gasteiger partial charge < -0.3 is 15.5 Å². The van der Waals surface area contributed by atoms with Crippen LogP contribution in [0.2, 0.25) is 0 Å². The van der Waals surface area contributed by atoms with E-state index in [0.717, 1.165) is 38.2 Å². The van der Waals surface area contributed by atoms with Gasteiger partial charge in [0.25, 0.3) is 10.1 Å². The van der Waals surface area contributed by atoms with E-state index in [1.54, 1.807) is 24.3 Å². The summed E-state index contributed by atoms with van der Waals surface area (Å²) in [5.41, 5.74) is -0.359. The number of rotatable bonds is 6. The van der Waals surface area contributed by atoms with Crippen molar-refractivity contribution in [1.82, 2.24) is 0 Å². The second-order valence-electron chi connectivity index (χ2n) is 9.41. The van der Waals surface area contributed by atoms with Crippen LogP contribution in [0.5, 0.6) is 0 Å². The van der Waals surface area contributed by atoms with Gasteiger partial charge >= 0.3 is 0 Å². The molecule has 0 heterocycles. The molecule has 1 fully saturated rings. The summed E-state index contributed by atoms with van der Waals surface area (Å²) in [5, 5.41) is 30.6. The molecule has 10 nitrogen and oxygen atoms in total. The van der Waals surface area contributed by atoms with E-state index in [4.69, 9.17) is 0 Å². The average molecular weight is 548 g/mol. The summed E-state index contributed by atoms with van der Waals surface area (Å²) in [5.74, 6) is -1.65. The van der Waals surface area contributed by atoms with Crippen molar-refractivity contribution in [2.24, 2.45) is 10.2 Å². The number of aliphatic hydroxyl groups excluding tert-OH is 2. The van der Waals surface area contributed by atoms with Gasteiger partial charge in [0.1, 0.15) is 16.8 Å². The number of fused-ring (bicyclic) bond motifs is 2. The number of hydrogen-bond donors (Lipinski definition) is 4. The number of nitrogens with zero attached hydrogens (tertiary/aromatic N) is 2. The maximum atomic E-state index is 13.8. The van der Waals surface area contributed by atoms with Gasteiger partial charge in [-0.2, -0.15) is 8.42 Å². The molecule has 2 aliphatic carbocycles. The first kappa shape index (κ1) is 26.3. The zero-order chi connectivity index (χ0) is 27.7. The number of azo groups is 1. The number of nitrogens with one attached hydrogen (secondary N) is 1. The lowest BCUT2D eigenvalue weighted by molar-refractivity contribution is 0.0980. The zero-order valence-electron chi connectivity index (χ0n) is 20.7. The lowest BCUT2D eigenvalue weighted by atomic mass is 9.82. The highest BCUT2D eigenvalue weighted by molar-refractivity contribution is 7.86. The van der Waals surface area contributed by atoms with Crippen LogP contribution in [0.4, 0.5) is 17.1 Å². The number of aliphatic hydroxyl groups is 2. The van der Waals surface area contributed by atoms with Crippen LogP contribution in [0, 0.1) is 0 Å². The summed E-state index contributed by atoms with van der Waals surface area (Å²) in [6.07, 6.45) is 5.05. The molecule has 0 aliphatic heterocycles. The molecule has 4 N–H and O–H groups in total. The molecule has 5 rings (SSSR count). The van der Waals surface area contributed by atoms with Crippen LogP contribution in [-0.2, 0) is 10.1 Å². The maximum Gasteiger partial charge on any atom is 0.296 e. The van der Waals surface area contributed by atoms with E-state index >= 15 is 0 Å². The quantitative estimate of drug-likeness (QED) is 0.124. The standard InChI is InChI=1S/C28H25N3O7S/c32-15-22(33)19-12-6-7-13-20(19)30-31-26-23(39(36,37)38)14-21(29-16-8-2-1-3-9-16)24-25(26)28(35)18-11-5-4-10-17(18)27(24)34/h4-7,10-16,29,32-33H,1-3,8-9H2,(H,36,37,38). The predicted octanol–water partition coefficient (Wildman–Crippen LogP) is 6.28. The van der Waals surface area contributed by atoms with E-state index in [0.29, 0.717) is 6.26 Å². The van der Waals surface area contributed by atoms with Crippen molar-refractivity contribution >= 4 is 44.5 Å². The highest BCUT2D eigenvalue weighted by Crippen LogP contribution is 2.43. The summed E-state index contributed by atoms with van der Waals surface area (Å²) in [6, 6.07) is 13.3. The van der Waals surface area contributed by atoms with Crippen molar-refractivity contribution in [3.8, 4) is 0 Å². The van der Waals surface area contributed by atoms with E-state index in [-0.39, 0.29) is 45.2 Å². The molecule has 11 heteroatoms. The number of carbonyl (C=O) groups excluding carboxylic acids is 2. The van der Waals surface area contributed by atoms with Gasteiger partial charge in [-0.1, -0.05) is 55.7 Å². The summed E-state index contributed by atoms with van der Waals surface area (Å²) >= 11 is 0. The number of ketones is 2. The van der Waals surface area contributed by atoms with Crippen molar-refractivity contribution in [1.29, 1.82) is 0 Å². The molecule has 2 aliphatic rings. The van der Waals surface area contributed by atoms with Crippen LogP contribution in [0.1, 0.15) is 69.5 Å². The van der Waals surface area contributed by atoms with E-state index in [9.17, 15) is 32.8 Å². The SMILES string of the molecule is O=C1c2ccccc2C(=O)c2c(N=Nc3ccccc3C(O)=CO)c(S(=O)(=O)O)cc(NC3CCCCC3)c21. The molecule has 3 aromatic rings. The fourth-order valence-electron chi connectivity index (χ4n) is 5.08. The predicted molar refractivity (Wildman–Crippen MR) is 144 cm³/mol. The van der Waals surface area contributed by atoms with E-state index in [1.165, 1.54) is 24.3 Å². The van der Waals surface area contributed by atoms with Crippen LogP contribution in [0.15, 0.2) is 76.0 Å². The molecule has 1 saturated carbocycles. The molecule has 0 amide bonds. The first-order chi connectivity index (χ1) is 18.7. The van der Waals surface area contributed by atoms with Crippen molar-refractivity contribution in [2.75, 3.05) is 5.32 Å². The fraction of sp³-hybridized carbons (Fsp3) is 0.214. The Labute approximate surface area is 224 Å². The topological polar surface area (TPSA) is 166 Å². The highest BCUT2D eigenvalue weighted by Gasteiger charge is 2.38. The molecule has 0 unspecified atom stereocenters. The normalized spacial score (nSPS) is 16.3. The molecule has 3 aromatic carbocycles. The monoisotopic (exact) mass is 547 g/mol. The van der Waals surface area contributed by atoms with Gasteiger partial charge in [-0.15, -0.1) is 10.2 Å². The summed E-state index contributed by atoms with van der Waals surface area (Å²) in [7, 11) is -4.94. The molecule has 200 valence electrons. The Kier molecular flexibility index (Phi) is 7.02. The number of carbonyl (C=O) groups is 2. The Balaban J connectivity index is 1.77. The van der Waals surface area contributed by atoms with Crippen LogP contribution in [-0.4, -0.2) is 40.8 Å². The maximum absolute atomic E-state index is 13.8. The summed E-state index contributed by atoms with van der Waals surface area (Å²) in [4.78, 5) is 26.8. The molecule has 0 atom stereocenters. The number of benzene rings is 3. The largest absolute Gasteiger partial charge is 0.512 e. The van der Waals surface area contributed by atoms with Gasteiger partial charge in [0.2, 0.25) is 0 Å². The Bertz CT molecular complexity index is 1660. The minimum atomic E-state index is -4.94.